The molecular weight excluding hydrogens is 288 g/mol. The molecule has 2 aromatic rings. The summed E-state index contributed by atoms with van der Waals surface area (Å²) in [6, 6.07) is 12.6. The van der Waals surface area contributed by atoms with Crippen molar-refractivity contribution in [1.82, 2.24) is 4.90 Å². The van der Waals surface area contributed by atoms with E-state index < -0.39 is 0 Å². The number of fused-ring (bicyclic) bond motifs is 1. The number of hydrogen-bond donors (Lipinski definition) is 1. The molecular formula is C16H15ClN2O2. The molecule has 0 spiro atoms. The highest BCUT2D eigenvalue weighted by atomic mass is 35.5. The van der Waals surface area contributed by atoms with E-state index in [-0.39, 0.29) is 5.91 Å². The molecule has 1 heterocycles. The Morgan fingerprint density at radius 3 is 2.81 bits per heavy atom. The topological polar surface area (TPSA) is 55.6 Å². The molecule has 2 N–H and O–H groups in total. The van der Waals surface area contributed by atoms with Gasteiger partial charge < -0.3 is 15.4 Å². The number of hydrogen-bond acceptors (Lipinski definition) is 3. The number of amides is 1. The van der Waals surface area contributed by atoms with E-state index in [1.165, 1.54) is 0 Å². The predicted molar refractivity (Wildman–Crippen MR) is 82.5 cm³/mol. The minimum Gasteiger partial charge on any atom is -0.491 e. The summed E-state index contributed by atoms with van der Waals surface area (Å²) < 4.78 is 5.62. The Morgan fingerprint density at radius 1 is 1.19 bits per heavy atom. The second kappa shape index (κ2) is 5.66. The fraction of sp³-hybridized carbons (Fsp3) is 0.188. The minimum absolute atomic E-state index is 0.0672. The van der Waals surface area contributed by atoms with Crippen molar-refractivity contribution >= 4 is 23.2 Å². The summed E-state index contributed by atoms with van der Waals surface area (Å²) in [5.41, 5.74) is 7.90. The second-order valence-electron chi connectivity index (χ2n) is 4.88. The first-order valence-corrected chi connectivity index (χ1v) is 7.08. The van der Waals surface area contributed by atoms with E-state index in [2.05, 4.69) is 0 Å². The fourth-order valence-electron chi connectivity index (χ4n) is 2.39. The number of nitrogen functional groups attached to an aromatic ring is 1. The van der Waals surface area contributed by atoms with Crippen LogP contribution in [0.2, 0.25) is 5.02 Å². The van der Waals surface area contributed by atoms with Gasteiger partial charge in [-0.25, -0.2) is 0 Å². The van der Waals surface area contributed by atoms with Crippen LogP contribution in [0.1, 0.15) is 15.9 Å². The van der Waals surface area contributed by atoms with Gasteiger partial charge in [0.1, 0.15) is 12.4 Å². The number of nitrogens with zero attached hydrogens (tertiary/aromatic N) is 1. The van der Waals surface area contributed by atoms with Crippen LogP contribution in [0.25, 0.3) is 0 Å². The lowest BCUT2D eigenvalue weighted by atomic mass is 10.1. The SMILES string of the molecule is Nc1cccc(Cl)c1CN1CCOc2ccccc2C1=O. The average Bonchev–Trinajstić information content (AvgIpc) is 2.63. The highest BCUT2D eigenvalue weighted by Gasteiger charge is 2.24. The van der Waals surface area contributed by atoms with Crippen molar-refractivity contribution in [2.45, 2.75) is 6.54 Å². The standard InChI is InChI=1S/C16H15ClN2O2/c17-13-5-3-6-14(18)12(13)10-19-8-9-21-15-7-2-1-4-11(15)16(19)20/h1-7H,8-10,18H2. The lowest BCUT2D eigenvalue weighted by Crippen LogP contribution is -2.32. The zero-order valence-electron chi connectivity index (χ0n) is 11.4. The average molecular weight is 303 g/mol. The first kappa shape index (κ1) is 13.8. The van der Waals surface area contributed by atoms with E-state index in [0.717, 1.165) is 5.56 Å². The van der Waals surface area contributed by atoms with Crippen LogP contribution in [0, 0.1) is 0 Å². The number of para-hydroxylation sites is 1. The lowest BCUT2D eigenvalue weighted by Gasteiger charge is -2.21. The van der Waals surface area contributed by atoms with Crippen LogP contribution in [-0.2, 0) is 6.54 Å². The zero-order valence-corrected chi connectivity index (χ0v) is 12.1. The highest BCUT2D eigenvalue weighted by Crippen LogP contribution is 2.27. The zero-order chi connectivity index (χ0) is 14.8. The predicted octanol–water partition coefficient (Wildman–Crippen LogP) is 2.96. The van der Waals surface area contributed by atoms with Gasteiger partial charge >= 0.3 is 0 Å². The van der Waals surface area contributed by atoms with Crippen LogP contribution in [0.5, 0.6) is 5.75 Å². The summed E-state index contributed by atoms with van der Waals surface area (Å²) in [7, 11) is 0. The van der Waals surface area contributed by atoms with Gasteiger partial charge in [0.05, 0.1) is 12.1 Å². The molecule has 0 aliphatic carbocycles. The number of carbonyl (C=O) groups is 1. The molecule has 0 radical (unpaired) electrons. The first-order valence-electron chi connectivity index (χ1n) is 6.71. The van der Waals surface area contributed by atoms with Crippen LogP contribution in [0.15, 0.2) is 42.5 Å². The molecule has 2 aromatic carbocycles. The van der Waals surface area contributed by atoms with E-state index in [4.69, 9.17) is 22.1 Å². The summed E-state index contributed by atoms with van der Waals surface area (Å²) in [5, 5.41) is 0.571. The molecule has 108 valence electrons. The molecule has 1 aliphatic rings. The summed E-state index contributed by atoms with van der Waals surface area (Å²) in [6.07, 6.45) is 0. The van der Waals surface area contributed by atoms with Crippen molar-refractivity contribution < 1.29 is 9.53 Å². The molecule has 0 atom stereocenters. The summed E-state index contributed by atoms with van der Waals surface area (Å²) >= 11 is 6.19. The molecule has 4 nitrogen and oxygen atoms in total. The van der Waals surface area contributed by atoms with Gasteiger partial charge in [0, 0.05) is 22.8 Å². The Hall–Kier alpha value is -2.20. The molecule has 1 aliphatic heterocycles. The number of nitrogens with two attached hydrogens (primary N) is 1. The largest absolute Gasteiger partial charge is 0.491 e. The number of anilines is 1. The summed E-state index contributed by atoms with van der Waals surface area (Å²) in [5.74, 6) is 0.555. The third-order valence-electron chi connectivity index (χ3n) is 3.53. The molecule has 1 amide bonds. The van der Waals surface area contributed by atoms with Gasteiger partial charge in [-0.2, -0.15) is 0 Å². The number of ether oxygens (including phenoxy) is 1. The van der Waals surface area contributed by atoms with Gasteiger partial charge in [-0.15, -0.1) is 0 Å². The normalized spacial score (nSPS) is 14.3. The molecule has 0 unspecified atom stereocenters. The minimum atomic E-state index is -0.0672. The van der Waals surface area contributed by atoms with Gasteiger partial charge in [-0.1, -0.05) is 29.8 Å². The van der Waals surface area contributed by atoms with E-state index in [9.17, 15) is 4.79 Å². The Labute approximate surface area is 128 Å². The van der Waals surface area contributed by atoms with Gasteiger partial charge in [0.15, 0.2) is 0 Å². The van der Waals surface area contributed by atoms with Crippen molar-refractivity contribution in [1.29, 1.82) is 0 Å². The fourth-order valence-corrected chi connectivity index (χ4v) is 2.63. The van der Waals surface area contributed by atoms with Crippen LogP contribution in [-0.4, -0.2) is 24.0 Å². The number of benzene rings is 2. The van der Waals surface area contributed by atoms with E-state index >= 15 is 0 Å². The monoisotopic (exact) mass is 302 g/mol. The van der Waals surface area contributed by atoms with Crippen molar-refractivity contribution in [2.24, 2.45) is 0 Å². The molecule has 0 saturated heterocycles. The van der Waals surface area contributed by atoms with Crippen molar-refractivity contribution in [3.8, 4) is 5.75 Å². The maximum Gasteiger partial charge on any atom is 0.258 e. The van der Waals surface area contributed by atoms with E-state index in [1.54, 1.807) is 35.2 Å². The Bertz CT molecular complexity index is 667. The molecule has 3 rings (SSSR count). The molecule has 0 aromatic heterocycles. The van der Waals surface area contributed by atoms with Crippen LogP contribution >= 0.6 is 11.6 Å². The van der Waals surface area contributed by atoms with Crippen LogP contribution in [0.4, 0.5) is 5.69 Å². The molecule has 0 bridgehead atoms. The summed E-state index contributed by atoms with van der Waals surface area (Å²) in [6.45, 7) is 1.33. The van der Waals surface area contributed by atoms with E-state index in [1.807, 2.05) is 12.1 Å². The van der Waals surface area contributed by atoms with Gasteiger partial charge in [0.25, 0.3) is 5.91 Å². The summed E-state index contributed by atoms with van der Waals surface area (Å²) in [4.78, 5) is 14.3. The van der Waals surface area contributed by atoms with Crippen molar-refractivity contribution in [3.63, 3.8) is 0 Å². The second-order valence-corrected chi connectivity index (χ2v) is 5.29. The quantitative estimate of drug-likeness (QED) is 0.868. The molecule has 5 heteroatoms. The third kappa shape index (κ3) is 2.67. The number of carbonyl (C=O) groups excluding carboxylic acids is 1. The van der Waals surface area contributed by atoms with Crippen LogP contribution < -0.4 is 10.5 Å². The number of halogens is 1. The van der Waals surface area contributed by atoms with Gasteiger partial charge in [0.2, 0.25) is 0 Å². The molecule has 0 saturated carbocycles. The first-order chi connectivity index (χ1) is 10.2. The molecule has 0 fully saturated rings. The highest BCUT2D eigenvalue weighted by molar-refractivity contribution is 6.31. The van der Waals surface area contributed by atoms with E-state index in [0.29, 0.717) is 41.7 Å². The Kier molecular flexibility index (Phi) is 3.71. The van der Waals surface area contributed by atoms with Crippen molar-refractivity contribution in [3.05, 3.63) is 58.6 Å². The van der Waals surface area contributed by atoms with Gasteiger partial charge in [-0.3, -0.25) is 4.79 Å². The third-order valence-corrected chi connectivity index (χ3v) is 3.88. The maximum absolute atomic E-state index is 12.6. The number of rotatable bonds is 2. The maximum atomic E-state index is 12.6. The van der Waals surface area contributed by atoms with Crippen LogP contribution in [0.3, 0.4) is 0 Å². The Morgan fingerprint density at radius 2 is 2.00 bits per heavy atom. The van der Waals surface area contributed by atoms with Gasteiger partial charge in [-0.05, 0) is 24.3 Å². The lowest BCUT2D eigenvalue weighted by molar-refractivity contribution is 0.0743. The smallest absolute Gasteiger partial charge is 0.258 e. The Balaban J connectivity index is 1.92. The van der Waals surface area contributed by atoms with Crippen molar-refractivity contribution in [2.75, 3.05) is 18.9 Å². The molecule has 21 heavy (non-hydrogen) atoms.